The molecule has 0 saturated carbocycles. The van der Waals surface area contributed by atoms with Crippen LogP contribution in [0.5, 0.6) is 11.5 Å². The molecule has 0 saturated heterocycles. The van der Waals surface area contributed by atoms with E-state index < -0.39 is 0 Å². The highest BCUT2D eigenvalue weighted by Gasteiger charge is 2.34. The topological polar surface area (TPSA) is 102 Å². The van der Waals surface area contributed by atoms with E-state index in [-0.39, 0.29) is 33.2 Å². The van der Waals surface area contributed by atoms with E-state index in [1.54, 1.807) is 9.36 Å². The summed E-state index contributed by atoms with van der Waals surface area (Å²) in [6, 6.07) is 23.7. The number of rotatable bonds is 8. The molecule has 0 amide bonds. The van der Waals surface area contributed by atoms with Gasteiger partial charge in [-0.25, -0.2) is 9.36 Å². The Balaban J connectivity index is 1.52. The number of phenols is 2. The van der Waals surface area contributed by atoms with Crippen LogP contribution in [0.3, 0.4) is 0 Å². The van der Waals surface area contributed by atoms with Gasteiger partial charge < -0.3 is 10.2 Å². The Labute approximate surface area is 289 Å². The summed E-state index contributed by atoms with van der Waals surface area (Å²) < 4.78 is 3.54. The van der Waals surface area contributed by atoms with Gasteiger partial charge in [0.25, 0.3) is 0 Å². The van der Waals surface area contributed by atoms with Crippen LogP contribution < -0.4 is 0 Å². The molecule has 0 fully saturated rings. The fraction of sp³-hybridized carbons (Fsp3) is 0.415. The summed E-state index contributed by atoms with van der Waals surface area (Å²) in [5, 5.41) is 41.5. The predicted molar refractivity (Wildman–Crippen MR) is 198 cm³/mol. The Morgan fingerprint density at radius 2 is 0.898 bits per heavy atom. The van der Waals surface area contributed by atoms with Crippen molar-refractivity contribution < 1.29 is 10.2 Å². The fourth-order valence-electron chi connectivity index (χ4n) is 8.18. The van der Waals surface area contributed by atoms with Gasteiger partial charge in [0.2, 0.25) is 0 Å². The standard InChI is InChI=1S/C41H50N6O2/c1-38(2,3)24-40(7,8)28-20-26(22-34(48)36(28)46-32-17-13-11-15-30(32)42-44-46)19-27-21-29(41(9,10)25-39(4,5)6)37(35(49)23-27)47-33-18-14-12-16-31(33)43-45-47/h11-18,20-23,48-49H,19,24-25H2,1-10H3. The molecular formula is C41H50N6O2. The summed E-state index contributed by atoms with van der Waals surface area (Å²) in [5.41, 5.74) is 7.85. The summed E-state index contributed by atoms with van der Waals surface area (Å²) in [6.45, 7) is 22.4. The molecule has 4 aromatic carbocycles. The first kappa shape index (κ1) is 34.2. The van der Waals surface area contributed by atoms with Crippen LogP contribution in [0.15, 0.2) is 72.8 Å². The first-order valence-electron chi connectivity index (χ1n) is 17.2. The lowest BCUT2D eigenvalue weighted by atomic mass is 9.71. The predicted octanol–water partition coefficient (Wildman–Crippen LogP) is 9.58. The minimum Gasteiger partial charge on any atom is -0.506 e. The normalized spacial score (nSPS) is 13.1. The second kappa shape index (κ2) is 12.0. The van der Waals surface area contributed by atoms with Gasteiger partial charge in [0.05, 0.1) is 11.0 Å². The van der Waals surface area contributed by atoms with E-state index in [9.17, 15) is 10.2 Å². The van der Waals surface area contributed by atoms with Crippen LogP contribution in [0.25, 0.3) is 33.4 Å². The van der Waals surface area contributed by atoms with Gasteiger partial charge in [-0.2, -0.15) is 0 Å². The highest BCUT2D eigenvalue weighted by atomic mass is 16.3. The van der Waals surface area contributed by atoms with Gasteiger partial charge in [-0.15, -0.1) is 10.2 Å². The summed E-state index contributed by atoms with van der Waals surface area (Å²) in [6.07, 6.45) is 2.28. The van der Waals surface area contributed by atoms with Crippen LogP contribution >= 0.6 is 0 Å². The molecule has 6 aromatic rings. The summed E-state index contributed by atoms with van der Waals surface area (Å²) >= 11 is 0. The van der Waals surface area contributed by atoms with Crippen molar-refractivity contribution in [3.63, 3.8) is 0 Å². The van der Waals surface area contributed by atoms with Crippen LogP contribution in [-0.4, -0.2) is 40.2 Å². The van der Waals surface area contributed by atoms with Crippen molar-refractivity contribution in [3.05, 3.63) is 95.1 Å². The van der Waals surface area contributed by atoms with Crippen molar-refractivity contribution in [1.82, 2.24) is 30.0 Å². The molecule has 2 heterocycles. The highest BCUT2D eigenvalue weighted by molar-refractivity contribution is 5.78. The van der Waals surface area contributed by atoms with Crippen LogP contribution in [0.4, 0.5) is 0 Å². The molecule has 2 N–H and O–H groups in total. The molecule has 0 aliphatic heterocycles. The minimum absolute atomic E-state index is 0.0392. The number of para-hydroxylation sites is 2. The fourth-order valence-corrected chi connectivity index (χ4v) is 8.18. The van der Waals surface area contributed by atoms with Gasteiger partial charge in [0, 0.05) is 0 Å². The maximum atomic E-state index is 11.8. The average molecular weight is 659 g/mol. The van der Waals surface area contributed by atoms with Crippen molar-refractivity contribution >= 4 is 22.1 Å². The van der Waals surface area contributed by atoms with Crippen LogP contribution in [0, 0.1) is 10.8 Å². The van der Waals surface area contributed by atoms with Gasteiger partial charge in [-0.3, -0.25) is 0 Å². The lowest BCUT2D eigenvalue weighted by Gasteiger charge is -2.35. The lowest BCUT2D eigenvalue weighted by molar-refractivity contribution is 0.282. The molecule has 0 aliphatic rings. The summed E-state index contributed by atoms with van der Waals surface area (Å²) in [5.74, 6) is 0.293. The van der Waals surface area contributed by atoms with Gasteiger partial charge in [-0.1, -0.05) is 116 Å². The Hall–Kier alpha value is -4.72. The molecule has 0 radical (unpaired) electrons. The van der Waals surface area contributed by atoms with Crippen molar-refractivity contribution in [3.8, 4) is 22.9 Å². The average Bonchev–Trinajstić information content (AvgIpc) is 3.59. The van der Waals surface area contributed by atoms with Crippen molar-refractivity contribution in [2.24, 2.45) is 10.8 Å². The van der Waals surface area contributed by atoms with Gasteiger partial charge in [0.15, 0.2) is 0 Å². The van der Waals surface area contributed by atoms with Crippen LogP contribution in [0.1, 0.15) is 104 Å². The smallest absolute Gasteiger partial charge is 0.141 e. The quantitative estimate of drug-likeness (QED) is 0.169. The van der Waals surface area contributed by atoms with Gasteiger partial charge in [-0.05, 0) is 99.6 Å². The van der Waals surface area contributed by atoms with E-state index in [1.165, 1.54) is 0 Å². The Bertz CT molecular complexity index is 2000. The summed E-state index contributed by atoms with van der Waals surface area (Å²) in [7, 11) is 0. The SMILES string of the molecule is CC(C)(C)CC(C)(C)c1cc(Cc2cc(O)c(-n3nnc4ccccc43)c(C(C)(C)CC(C)(C)C)c2)cc(O)c1-n1nnc2ccccc21. The molecule has 256 valence electrons. The zero-order valence-corrected chi connectivity index (χ0v) is 30.6. The molecule has 6 rings (SSSR count). The monoisotopic (exact) mass is 658 g/mol. The lowest BCUT2D eigenvalue weighted by Crippen LogP contribution is -2.27. The Morgan fingerprint density at radius 3 is 1.27 bits per heavy atom. The molecular weight excluding hydrogens is 608 g/mol. The van der Waals surface area contributed by atoms with Crippen molar-refractivity contribution in [1.29, 1.82) is 0 Å². The number of benzene rings is 4. The largest absolute Gasteiger partial charge is 0.506 e. The Morgan fingerprint density at radius 1 is 0.531 bits per heavy atom. The van der Waals surface area contributed by atoms with E-state index in [0.717, 1.165) is 57.2 Å². The number of hydrogen-bond donors (Lipinski definition) is 2. The maximum Gasteiger partial charge on any atom is 0.141 e. The molecule has 8 nitrogen and oxygen atoms in total. The number of nitrogens with zero attached hydrogens (tertiary/aromatic N) is 6. The first-order valence-corrected chi connectivity index (χ1v) is 17.2. The highest BCUT2D eigenvalue weighted by Crippen LogP contribution is 2.45. The Kier molecular flexibility index (Phi) is 8.37. The number of aromatic nitrogens is 6. The van der Waals surface area contributed by atoms with Crippen LogP contribution in [0.2, 0.25) is 0 Å². The number of hydrogen-bond acceptors (Lipinski definition) is 6. The molecule has 8 heteroatoms. The third-order valence-electron chi connectivity index (χ3n) is 9.24. The molecule has 49 heavy (non-hydrogen) atoms. The van der Waals surface area contributed by atoms with Gasteiger partial charge >= 0.3 is 0 Å². The molecule has 0 bridgehead atoms. The van der Waals surface area contributed by atoms with E-state index in [2.05, 4.69) is 102 Å². The van der Waals surface area contributed by atoms with E-state index in [0.29, 0.717) is 17.8 Å². The third kappa shape index (κ3) is 6.91. The molecule has 0 spiro atoms. The van der Waals surface area contributed by atoms with Gasteiger partial charge in [0.1, 0.15) is 33.9 Å². The van der Waals surface area contributed by atoms with Crippen molar-refractivity contribution in [2.75, 3.05) is 0 Å². The molecule has 2 aromatic heterocycles. The molecule has 0 atom stereocenters. The zero-order chi connectivity index (χ0) is 35.5. The van der Waals surface area contributed by atoms with Crippen LogP contribution in [-0.2, 0) is 17.3 Å². The summed E-state index contributed by atoms with van der Waals surface area (Å²) in [4.78, 5) is 0. The van der Waals surface area contributed by atoms with E-state index in [1.807, 2.05) is 60.7 Å². The van der Waals surface area contributed by atoms with E-state index in [4.69, 9.17) is 0 Å². The second-order valence-corrected chi connectivity index (χ2v) is 17.4. The maximum absolute atomic E-state index is 11.8. The number of phenolic OH excluding ortho intramolecular Hbond substituents is 2. The first-order chi connectivity index (χ1) is 22.8. The van der Waals surface area contributed by atoms with E-state index >= 15 is 0 Å². The van der Waals surface area contributed by atoms with Crippen molar-refractivity contribution in [2.45, 2.75) is 99.3 Å². The number of aromatic hydroxyl groups is 2. The minimum atomic E-state index is -0.311. The molecule has 0 aliphatic carbocycles. The number of fused-ring (bicyclic) bond motifs is 2. The zero-order valence-electron chi connectivity index (χ0n) is 30.6. The molecule has 0 unspecified atom stereocenters. The third-order valence-corrected chi connectivity index (χ3v) is 9.24. The second-order valence-electron chi connectivity index (χ2n) is 17.4.